The van der Waals surface area contributed by atoms with Gasteiger partial charge in [-0.25, -0.2) is 0 Å². The van der Waals surface area contributed by atoms with E-state index >= 15 is 0 Å². The number of anilines is 1. The van der Waals surface area contributed by atoms with Gasteiger partial charge in [0.2, 0.25) is 0 Å². The first kappa shape index (κ1) is 13.4. The van der Waals surface area contributed by atoms with Crippen LogP contribution in [-0.2, 0) is 6.42 Å². The first-order valence-corrected chi connectivity index (χ1v) is 6.68. The number of hydrogen-bond acceptors (Lipinski definition) is 1. The Kier molecular flexibility index (Phi) is 6.32. The molecule has 0 aliphatic carbocycles. The molecule has 0 saturated carbocycles. The molecular formula is C14H22ClN. The Bertz CT molecular complexity index is 299. The third kappa shape index (κ3) is 4.89. The lowest BCUT2D eigenvalue weighted by atomic mass is 10.1. The molecule has 0 bridgehead atoms. The van der Waals surface area contributed by atoms with Crippen LogP contribution in [0.5, 0.6) is 0 Å². The van der Waals surface area contributed by atoms with E-state index in [1.165, 1.54) is 17.7 Å². The highest BCUT2D eigenvalue weighted by atomic mass is 35.5. The van der Waals surface area contributed by atoms with Gasteiger partial charge in [-0.05, 0) is 36.5 Å². The van der Waals surface area contributed by atoms with Crippen molar-refractivity contribution in [2.75, 3.05) is 17.7 Å². The largest absolute Gasteiger partial charge is 0.385 e. The Hall–Kier alpha value is -0.690. The second-order valence-electron chi connectivity index (χ2n) is 4.39. The molecule has 1 nitrogen and oxygen atoms in total. The molecule has 0 aromatic heterocycles. The summed E-state index contributed by atoms with van der Waals surface area (Å²) in [5.74, 6) is 1.47. The van der Waals surface area contributed by atoms with Crippen LogP contribution in [0, 0.1) is 5.92 Å². The maximum absolute atomic E-state index is 5.70. The molecule has 1 aromatic carbocycles. The minimum atomic E-state index is 0.728. The quantitative estimate of drug-likeness (QED) is 0.699. The fourth-order valence-corrected chi connectivity index (χ4v) is 1.68. The van der Waals surface area contributed by atoms with Gasteiger partial charge in [0.1, 0.15) is 0 Å². The number of aryl methyl sites for hydroxylation is 1. The summed E-state index contributed by atoms with van der Waals surface area (Å²) >= 11 is 5.70. The fourth-order valence-electron chi connectivity index (χ4n) is 1.54. The summed E-state index contributed by atoms with van der Waals surface area (Å²) in [6.07, 6.45) is 3.34. The summed E-state index contributed by atoms with van der Waals surface area (Å²) in [7, 11) is 0. The molecule has 1 rings (SSSR count). The van der Waals surface area contributed by atoms with E-state index < -0.39 is 0 Å². The number of alkyl halides is 1. The molecule has 1 aromatic rings. The van der Waals surface area contributed by atoms with Crippen molar-refractivity contribution in [1.29, 1.82) is 0 Å². The Labute approximate surface area is 104 Å². The van der Waals surface area contributed by atoms with Crippen molar-refractivity contribution >= 4 is 17.3 Å². The smallest absolute Gasteiger partial charge is 0.0343 e. The van der Waals surface area contributed by atoms with Crippen LogP contribution in [0.3, 0.4) is 0 Å². The van der Waals surface area contributed by atoms with Gasteiger partial charge in [0.15, 0.2) is 0 Å². The Morgan fingerprint density at radius 2 is 2.19 bits per heavy atom. The van der Waals surface area contributed by atoms with Gasteiger partial charge in [-0.2, -0.15) is 0 Å². The van der Waals surface area contributed by atoms with Crippen LogP contribution in [0.25, 0.3) is 0 Å². The molecule has 0 saturated heterocycles. The number of hydrogen-bond donors (Lipinski definition) is 1. The van der Waals surface area contributed by atoms with Gasteiger partial charge >= 0.3 is 0 Å². The van der Waals surface area contributed by atoms with Crippen molar-refractivity contribution in [3.8, 4) is 0 Å². The molecule has 1 unspecified atom stereocenters. The number of rotatable bonds is 7. The molecule has 0 heterocycles. The van der Waals surface area contributed by atoms with Crippen molar-refractivity contribution in [1.82, 2.24) is 0 Å². The lowest BCUT2D eigenvalue weighted by molar-refractivity contribution is 0.593. The molecule has 0 fully saturated rings. The van der Waals surface area contributed by atoms with Crippen molar-refractivity contribution < 1.29 is 0 Å². The molecule has 2 heteroatoms. The summed E-state index contributed by atoms with van der Waals surface area (Å²) in [4.78, 5) is 0. The zero-order chi connectivity index (χ0) is 11.8. The minimum absolute atomic E-state index is 0.728. The van der Waals surface area contributed by atoms with Crippen LogP contribution in [0.1, 0.15) is 32.3 Å². The molecule has 90 valence electrons. The predicted octanol–water partition coefficient (Wildman–Crippen LogP) is 4.32. The monoisotopic (exact) mass is 239 g/mol. The second-order valence-corrected chi connectivity index (χ2v) is 4.77. The van der Waals surface area contributed by atoms with Gasteiger partial charge in [-0.1, -0.05) is 32.4 Å². The summed E-state index contributed by atoms with van der Waals surface area (Å²) in [6.45, 7) is 5.54. The number of halogens is 1. The maximum atomic E-state index is 5.70. The molecular weight excluding hydrogens is 218 g/mol. The van der Waals surface area contributed by atoms with Crippen LogP contribution in [0.15, 0.2) is 24.3 Å². The molecule has 0 radical (unpaired) electrons. The zero-order valence-electron chi connectivity index (χ0n) is 10.3. The van der Waals surface area contributed by atoms with E-state index in [1.54, 1.807) is 0 Å². The van der Waals surface area contributed by atoms with Crippen molar-refractivity contribution in [3.05, 3.63) is 29.8 Å². The first-order valence-electron chi connectivity index (χ1n) is 6.15. The van der Waals surface area contributed by atoms with E-state index in [0.29, 0.717) is 0 Å². The van der Waals surface area contributed by atoms with Crippen LogP contribution in [0.2, 0.25) is 0 Å². The highest BCUT2D eigenvalue weighted by Crippen LogP contribution is 2.13. The summed E-state index contributed by atoms with van der Waals surface area (Å²) in [5, 5.41) is 3.48. The van der Waals surface area contributed by atoms with Crippen molar-refractivity contribution in [2.24, 2.45) is 5.92 Å². The standard InChI is InChI=1S/C14H22ClN/c1-3-12(2)11-16-14-8-4-6-13(10-14)7-5-9-15/h4,6,8,10,12,16H,3,5,7,9,11H2,1-2H3. The predicted molar refractivity (Wildman–Crippen MR) is 73.4 cm³/mol. The maximum Gasteiger partial charge on any atom is 0.0343 e. The molecule has 16 heavy (non-hydrogen) atoms. The number of benzene rings is 1. The SMILES string of the molecule is CCC(C)CNc1cccc(CCCCl)c1. The number of nitrogens with one attached hydrogen (secondary N) is 1. The van der Waals surface area contributed by atoms with Crippen molar-refractivity contribution in [3.63, 3.8) is 0 Å². The normalized spacial score (nSPS) is 12.4. The average molecular weight is 240 g/mol. The van der Waals surface area contributed by atoms with Gasteiger partial charge in [-0.15, -0.1) is 11.6 Å². The lowest BCUT2D eigenvalue weighted by Crippen LogP contribution is -2.10. The molecule has 0 amide bonds. The van der Waals surface area contributed by atoms with E-state index in [0.717, 1.165) is 31.2 Å². The minimum Gasteiger partial charge on any atom is -0.385 e. The molecule has 1 atom stereocenters. The summed E-state index contributed by atoms with van der Waals surface area (Å²) < 4.78 is 0. The summed E-state index contributed by atoms with van der Waals surface area (Å²) in [6, 6.07) is 8.64. The van der Waals surface area contributed by atoms with Crippen LogP contribution >= 0.6 is 11.6 Å². The highest BCUT2D eigenvalue weighted by Gasteiger charge is 1.99. The lowest BCUT2D eigenvalue weighted by Gasteiger charge is -2.12. The molecule has 1 N–H and O–H groups in total. The molecule has 0 spiro atoms. The van der Waals surface area contributed by atoms with E-state index in [9.17, 15) is 0 Å². The van der Waals surface area contributed by atoms with Gasteiger partial charge in [-0.3, -0.25) is 0 Å². The zero-order valence-corrected chi connectivity index (χ0v) is 11.1. The summed E-state index contributed by atoms with van der Waals surface area (Å²) in [5.41, 5.74) is 2.60. The average Bonchev–Trinajstić information content (AvgIpc) is 2.34. The Balaban J connectivity index is 2.46. The van der Waals surface area contributed by atoms with Gasteiger partial charge in [0.25, 0.3) is 0 Å². The third-order valence-electron chi connectivity index (χ3n) is 2.88. The van der Waals surface area contributed by atoms with Crippen molar-refractivity contribution in [2.45, 2.75) is 33.1 Å². The van der Waals surface area contributed by atoms with Crippen LogP contribution in [0.4, 0.5) is 5.69 Å². The van der Waals surface area contributed by atoms with E-state index in [-0.39, 0.29) is 0 Å². The highest BCUT2D eigenvalue weighted by molar-refractivity contribution is 6.17. The van der Waals surface area contributed by atoms with Crippen LogP contribution in [-0.4, -0.2) is 12.4 Å². The Morgan fingerprint density at radius 3 is 2.88 bits per heavy atom. The third-order valence-corrected chi connectivity index (χ3v) is 3.14. The Morgan fingerprint density at radius 1 is 1.38 bits per heavy atom. The van der Waals surface area contributed by atoms with Gasteiger partial charge < -0.3 is 5.32 Å². The fraction of sp³-hybridized carbons (Fsp3) is 0.571. The van der Waals surface area contributed by atoms with E-state index in [4.69, 9.17) is 11.6 Å². The van der Waals surface area contributed by atoms with Gasteiger partial charge in [0.05, 0.1) is 0 Å². The van der Waals surface area contributed by atoms with E-state index in [1.807, 2.05) is 0 Å². The second kappa shape index (κ2) is 7.56. The van der Waals surface area contributed by atoms with Gasteiger partial charge in [0, 0.05) is 18.1 Å². The topological polar surface area (TPSA) is 12.0 Å². The molecule has 0 aliphatic heterocycles. The molecule has 0 aliphatic rings. The van der Waals surface area contributed by atoms with E-state index in [2.05, 4.69) is 43.4 Å². The first-order chi connectivity index (χ1) is 7.76. The van der Waals surface area contributed by atoms with Crippen LogP contribution < -0.4 is 5.32 Å².